The van der Waals surface area contributed by atoms with Gasteiger partial charge in [0.05, 0.1) is 5.84 Å². The van der Waals surface area contributed by atoms with Crippen molar-refractivity contribution in [3.8, 4) is 0 Å². The second kappa shape index (κ2) is 6.07. The lowest BCUT2D eigenvalue weighted by Crippen LogP contribution is -2.26. The fraction of sp³-hybridized carbons (Fsp3) is 0.350. The summed E-state index contributed by atoms with van der Waals surface area (Å²) in [7, 11) is 0. The average molecular weight is 306 g/mol. The van der Waals surface area contributed by atoms with E-state index < -0.39 is 0 Å². The molecule has 1 atom stereocenters. The van der Waals surface area contributed by atoms with E-state index in [-0.39, 0.29) is 6.04 Å². The van der Waals surface area contributed by atoms with E-state index in [1.54, 1.807) is 0 Å². The molecule has 0 fully saturated rings. The van der Waals surface area contributed by atoms with Crippen molar-refractivity contribution in [2.45, 2.75) is 38.6 Å². The van der Waals surface area contributed by atoms with Crippen molar-refractivity contribution < 1.29 is 4.42 Å². The second-order valence-electron chi connectivity index (χ2n) is 6.36. The Balaban J connectivity index is 1.65. The molecule has 3 heteroatoms. The molecular weight excluding hydrogens is 284 g/mol. The maximum atomic E-state index is 5.91. The van der Waals surface area contributed by atoms with Crippen LogP contribution in [0.2, 0.25) is 0 Å². The summed E-state index contributed by atoms with van der Waals surface area (Å²) in [5, 5.41) is 5.97. The minimum atomic E-state index is 0.255. The quantitative estimate of drug-likeness (QED) is 0.705. The van der Waals surface area contributed by atoms with Crippen LogP contribution in [0.25, 0.3) is 21.9 Å². The zero-order valence-electron chi connectivity index (χ0n) is 13.5. The lowest BCUT2D eigenvalue weighted by molar-refractivity contribution is 0.667. The molecule has 4 rings (SSSR count). The molecule has 1 aliphatic heterocycles. The minimum Gasteiger partial charge on any atom is -0.456 e. The van der Waals surface area contributed by atoms with Gasteiger partial charge in [0.25, 0.3) is 0 Å². The second-order valence-corrected chi connectivity index (χ2v) is 6.36. The summed E-state index contributed by atoms with van der Waals surface area (Å²) in [4.78, 5) is 4.68. The van der Waals surface area contributed by atoms with Crippen LogP contribution in [-0.2, 0) is 0 Å². The van der Waals surface area contributed by atoms with Gasteiger partial charge in [-0.1, -0.05) is 30.7 Å². The highest BCUT2D eigenvalue weighted by molar-refractivity contribution is 6.05. The lowest BCUT2D eigenvalue weighted by Gasteiger charge is -2.17. The Morgan fingerprint density at radius 1 is 1.00 bits per heavy atom. The molecule has 1 aliphatic rings. The third kappa shape index (κ3) is 2.83. The Hall–Kier alpha value is -2.29. The van der Waals surface area contributed by atoms with Crippen molar-refractivity contribution in [1.82, 2.24) is 5.32 Å². The number of para-hydroxylation sites is 1. The Bertz CT molecular complexity index is 862. The van der Waals surface area contributed by atoms with E-state index in [1.165, 1.54) is 35.6 Å². The Labute approximate surface area is 136 Å². The number of benzene rings is 2. The van der Waals surface area contributed by atoms with Gasteiger partial charge in [-0.25, -0.2) is 0 Å². The van der Waals surface area contributed by atoms with Gasteiger partial charge in [0.2, 0.25) is 0 Å². The van der Waals surface area contributed by atoms with Gasteiger partial charge in [0.15, 0.2) is 0 Å². The van der Waals surface area contributed by atoms with Crippen molar-refractivity contribution in [2.24, 2.45) is 4.99 Å². The van der Waals surface area contributed by atoms with E-state index in [4.69, 9.17) is 4.42 Å². The van der Waals surface area contributed by atoms with E-state index in [0.29, 0.717) is 0 Å². The summed E-state index contributed by atoms with van der Waals surface area (Å²) < 4.78 is 5.91. The highest BCUT2D eigenvalue weighted by Crippen LogP contribution is 2.30. The number of hydrogen-bond donors (Lipinski definition) is 1. The predicted molar refractivity (Wildman–Crippen MR) is 96.0 cm³/mol. The third-order valence-electron chi connectivity index (χ3n) is 4.66. The first kappa shape index (κ1) is 14.3. The lowest BCUT2D eigenvalue weighted by atomic mass is 10.0. The maximum Gasteiger partial charge on any atom is 0.135 e. The van der Waals surface area contributed by atoms with Crippen LogP contribution in [0.5, 0.6) is 0 Å². The van der Waals surface area contributed by atoms with Crippen molar-refractivity contribution in [2.75, 3.05) is 6.54 Å². The van der Waals surface area contributed by atoms with E-state index >= 15 is 0 Å². The fourth-order valence-electron chi connectivity index (χ4n) is 3.34. The van der Waals surface area contributed by atoms with E-state index in [0.717, 1.165) is 30.0 Å². The molecule has 0 amide bonds. The van der Waals surface area contributed by atoms with E-state index in [2.05, 4.69) is 47.6 Å². The van der Waals surface area contributed by atoms with Crippen LogP contribution in [0.1, 0.15) is 44.2 Å². The van der Waals surface area contributed by atoms with E-state index in [1.807, 2.05) is 12.1 Å². The molecule has 118 valence electrons. The molecule has 0 aliphatic carbocycles. The standard InChI is InChI=1S/C20H22N2O/c1-14(22-20-9-3-2-6-12-21-20)15-10-11-19-17(13-15)16-7-4-5-8-18(16)23-19/h4-5,7-8,10-11,13-14H,2-3,6,9,12H2,1H3,(H,21,22). The molecule has 0 spiro atoms. The smallest absolute Gasteiger partial charge is 0.135 e. The molecule has 1 N–H and O–H groups in total. The summed E-state index contributed by atoms with van der Waals surface area (Å²) in [5.41, 5.74) is 3.18. The van der Waals surface area contributed by atoms with E-state index in [9.17, 15) is 0 Å². The summed E-state index contributed by atoms with van der Waals surface area (Å²) in [5.74, 6) is 1.16. The molecule has 3 nitrogen and oxygen atoms in total. The largest absolute Gasteiger partial charge is 0.456 e. The SMILES string of the molecule is CC(NC1=NCCCCC1)c1ccc2oc3ccccc3c2c1. The van der Waals surface area contributed by atoms with Crippen LogP contribution in [0.15, 0.2) is 51.9 Å². The topological polar surface area (TPSA) is 37.5 Å². The number of nitrogens with zero attached hydrogens (tertiary/aromatic N) is 1. The van der Waals surface area contributed by atoms with Gasteiger partial charge in [0.1, 0.15) is 11.2 Å². The predicted octanol–water partition coefficient (Wildman–Crippen LogP) is 5.21. The molecule has 1 unspecified atom stereocenters. The molecule has 0 saturated heterocycles. The van der Waals surface area contributed by atoms with Crippen LogP contribution in [0.4, 0.5) is 0 Å². The molecule has 1 aromatic heterocycles. The molecular formula is C20H22N2O. The first-order valence-electron chi connectivity index (χ1n) is 8.52. The number of rotatable bonds is 2. The Kier molecular flexibility index (Phi) is 3.78. The fourth-order valence-corrected chi connectivity index (χ4v) is 3.34. The van der Waals surface area contributed by atoms with Crippen LogP contribution >= 0.6 is 0 Å². The summed E-state index contributed by atoms with van der Waals surface area (Å²) in [6, 6.07) is 15.0. The number of nitrogens with one attached hydrogen (secondary N) is 1. The first-order valence-corrected chi connectivity index (χ1v) is 8.52. The minimum absolute atomic E-state index is 0.255. The molecule has 2 heterocycles. The highest BCUT2D eigenvalue weighted by Gasteiger charge is 2.12. The number of amidine groups is 1. The Morgan fingerprint density at radius 3 is 2.83 bits per heavy atom. The van der Waals surface area contributed by atoms with Crippen molar-refractivity contribution in [1.29, 1.82) is 0 Å². The summed E-state index contributed by atoms with van der Waals surface area (Å²) in [6.07, 6.45) is 4.81. The summed E-state index contributed by atoms with van der Waals surface area (Å²) in [6.45, 7) is 3.16. The average Bonchev–Trinajstić information content (AvgIpc) is 2.74. The van der Waals surface area contributed by atoms with Crippen molar-refractivity contribution >= 4 is 27.8 Å². The third-order valence-corrected chi connectivity index (χ3v) is 4.66. The van der Waals surface area contributed by atoms with Crippen LogP contribution in [0, 0.1) is 0 Å². The highest BCUT2D eigenvalue weighted by atomic mass is 16.3. The number of aliphatic imine (C=N–C) groups is 1. The van der Waals surface area contributed by atoms with Crippen LogP contribution < -0.4 is 5.32 Å². The van der Waals surface area contributed by atoms with Crippen LogP contribution in [0.3, 0.4) is 0 Å². The van der Waals surface area contributed by atoms with Gasteiger partial charge < -0.3 is 9.73 Å². The number of fused-ring (bicyclic) bond motifs is 3. The monoisotopic (exact) mass is 306 g/mol. The van der Waals surface area contributed by atoms with Gasteiger partial charge in [-0.2, -0.15) is 0 Å². The molecule has 0 radical (unpaired) electrons. The molecule has 0 bridgehead atoms. The zero-order chi connectivity index (χ0) is 15.6. The maximum absolute atomic E-state index is 5.91. The molecule has 0 saturated carbocycles. The van der Waals surface area contributed by atoms with Gasteiger partial charge in [-0.05, 0) is 43.5 Å². The molecule has 2 aromatic carbocycles. The van der Waals surface area contributed by atoms with Crippen molar-refractivity contribution in [3.63, 3.8) is 0 Å². The van der Waals surface area contributed by atoms with Gasteiger partial charge in [-0.3, -0.25) is 4.99 Å². The van der Waals surface area contributed by atoms with Crippen LogP contribution in [-0.4, -0.2) is 12.4 Å². The first-order chi connectivity index (χ1) is 11.3. The molecule has 3 aromatic rings. The normalized spacial score (nSPS) is 17.0. The van der Waals surface area contributed by atoms with Gasteiger partial charge in [-0.15, -0.1) is 0 Å². The van der Waals surface area contributed by atoms with Gasteiger partial charge in [0, 0.05) is 29.8 Å². The summed E-state index contributed by atoms with van der Waals surface area (Å²) >= 11 is 0. The molecule has 23 heavy (non-hydrogen) atoms. The Morgan fingerprint density at radius 2 is 1.87 bits per heavy atom. The van der Waals surface area contributed by atoms with Crippen molar-refractivity contribution in [3.05, 3.63) is 48.0 Å². The number of hydrogen-bond acceptors (Lipinski definition) is 3. The number of furan rings is 1. The zero-order valence-corrected chi connectivity index (χ0v) is 13.5. The van der Waals surface area contributed by atoms with Gasteiger partial charge >= 0.3 is 0 Å².